The highest BCUT2D eigenvalue weighted by atomic mass is 79.9. The van der Waals surface area contributed by atoms with E-state index in [0.29, 0.717) is 11.8 Å². The SMILES string of the molecule is CCNCc1ccnc(Oc2ccc(Br)cc2C(C)C)c1. The van der Waals surface area contributed by atoms with Crippen LogP contribution in [0.3, 0.4) is 0 Å². The molecule has 1 aromatic carbocycles. The van der Waals surface area contributed by atoms with Gasteiger partial charge in [0.05, 0.1) is 0 Å². The van der Waals surface area contributed by atoms with Crippen LogP contribution in [0.5, 0.6) is 11.6 Å². The smallest absolute Gasteiger partial charge is 0.219 e. The average molecular weight is 349 g/mol. The van der Waals surface area contributed by atoms with Gasteiger partial charge >= 0.3 is 0 Å². The summed E-state index contributed by atoms with van der Waals surface area (Å²) in [6.45, 7) is 8.18. The minimum atomic E-state index is 0.391. The number of nitrogens with zero attached hydrogens (tertiary/aromatic N) is 1. The Morgan fingerprint density at radius 1 is 1.24 bits per heavy atom. The third-order valence-electron chi connectivity index (χ3n) is 3.19. The van der Waals surface area contributed by atoms with E-state index >= 15 is 0 Å². The molecule has 0 saturated heterocycles. The topological polar surface area (TPSA) is 34.2 Å². The van der Waals surface area contributed by atoms with Gasteiger partial charge < -0.3 is 10.1 Å². The summed E-state index contributed by atoms with van der Waals surface area (Å²) >= 11 is 3.51. The van der Waals surface area contributed by atoms with Crippen LogP contribution in [0.25, 0.3) is 0 Å². The Bertz CT molecular complexity index is 599. The maximum Gasteiger partial charge on any atom is 0.219 e. The fourth-order valence-corrected chi connectivity index (χ4v) is 2.44. The molecule has 112 valence electrons. The third-order valence-corrected chi connectivity index (χ3v) is 3.68. The Morgan fingerprint density at radius 3 is 2.76 bits per heavy atom. The van der Waals surface area contributed by atoms with Crippen molar-refractivity contribution in [2.75, 3.05) is 6.54 Å². The van der Waals surface area contributed by atoms with Crippen molar-refractivity contribution in [3.8, 4) is 11.6 Å². The van der Waals surface area contributed by atoms with Gasteiger partial charge in [-0.05, 0) is 47.9 Å². The average Bonchev–Trinajstić information content (AvgIpc) is 2.47. The van der Waals surface area contributed by atoms with Crippen molar-refractivity contribution >= 4 is 15.9 Å². The molecular formula is C17H21BrN2O. The Morgan fingerprint density at radius 2 is 2.05 bits per heavy atom. The second-order valence-corrected chi connectivity index (χ2v) is 6.14. The van der Waals surface area contributed by atoms with E-state index in [-0.39, 0.29) is 0 Å². The van der Waals surface area contributed by atoms with Crippen molar-refractivity contribution in [1.82, 2.24) is 10.3 Å². The summed E-state index contributed by atoms with van der Waals surface area (Å²) in [6.07, 6.45) is 1.79. The lowest BCUT2D eigenvalue weighted by Crippen LogP contribution is -2.11. The predicted octanol–water partition coefficient (Wildman–Crippen LogP) is 4.87. The molecule has 1 N–H and O–H groups in total. The lowest BCUT2D eigenvalue weighted by molar-refractivity contribution is 0.453. The van der Waals surface area contributed by atoms with Crippen molar-refractivity contribution < 1.29 is 4.74 Å². The zero-order valence-electron chi connectivity index (χ0n) is 12.7. The molecule has 0 radical (unpaired) electrons. The van der Waals surface area contributed by atoms with Gasteiger partial charge in [0.25, 0.3) is 0 Å². The number of nitrogens with one attached hydrogen (secondary N) is 1. The molecule has 3 nitrogen and oxygen atoms in total. The monoisotopic (exact) mass is 348 g/mol. The molecule has 0 spiro atoms. The Kier molecular flexibility index (Phi) is 5.76. The van der Waals surface area contributed by atoms with Crippen LogP contribution in [0.1, 0.15) is 37.8 Å². The van der Waals surface area contributed by atoms with Gasteiger partial charge in [-0.1, -0.05) is 36.7 Å². The molecule has 0 unspecified atom stereocenters. The lowest BCUT2D eigenvalue weighted by Gasteiger charge is -2.14. The van der Waals surface area contributed by atoms with Gasteiger partial charge in [0.2, 0.25) is 5.88 Å². The quantitative estimate of drug-likeness (QED) is 0.808. The van der Waals surface area contributed by atoms with Crippen molar-refractivity contribution in [2.45, 2.75) is 33.2 Å². The molecule has 1 aromatic heterocycles. The molecule has 0 atom stereocenters. The number of ether oxygens (including phenoxy) is 1. The summed E-state index contributed by atoms with van der Waals surface area (Å²) in [6, 6.07) is 10.1. The van der Waals surface area contributed by atoms with Gasteiger partial charge in [-0.2, -0.15) is 0 Å². The van der Waals surface area contributed by atoms with Crippen LogP contribution in [0.4, 0.5) is 0 Å². The number of pyridine rings is 1. The van der Waals surface area contributed by atoms with Crippen LogP contribution in [-0.4, -0.2) is 11.5 Å². The van der Waals surface area contributed by atoms with Gasteiger partial charge in [0, 0.05) is 23.3 Å². The van der Waals surface area contributed by atoms with Crippen LogP contribution in [-0.2, 0) is 6.54 Å². The molecular weight excluding hydrogens is 328 g/mol. The van der Waals surface area contributed by atoms with Gasteiger partial charge in [0.1, 0.15) is 5.75 Å². The van der Waals surface area contributed by atoms with E-state index in [0.717, 1.165) is 23.3 Å². The number of rotatable bonds is 6. The molecule has 0 saturated carbocycles. The Balaban J connectivity index is 2.22. The van der Waals surface area contributed by atoms with Crippen molar-refractivity contribution in [3.05, 3.63) is 52.1 Å². The molecule has 2 aromatic rings. The molecule has 21 heavy (non-hydrogen) atoms. The number of benzene rings is 1. The molecule has 0 amide bonds. The molecule has 2 rings (SSSR count). The zero-order valence-corrected chi connectivity index (χ0v) is 14.3. The van der Waals surface area contributed by atoms with E-state index in [2.05, 4.69) is 53.1 Å². The molecule has 0 bridgehead atoms. The second-order valence-electron chi connectivity index (χ2n) is 5.22. The fraction of sp³-hybridized carbons (Fsp3) is 0.353. The first-order chi connectivity index (χ1) is 10.1. The van der Waals surface area contributed by atoms with Crippen molar-refractivity contribution in [2.24, 2.45) is 0 Å². The molecule has 0 aliphatic heterocycles. The molecule has 0 aliphatic carbocycles. The minimum Gasteiger partial charge on any atom is -0.439 e. The van der Waals surface area contributed by atoms with E-state index in [1.807, 2.05) is 24.3 Å². The highest BCUT2D eigenvalue weighted by Crippen LogP contribution is 2.32. The van der Waals surface area contributed by atoms with E-state index in [4.69, 9.17) is 4.74 Å². The highest BCUT2D eigenvalue weighted by Gasteiger charge is 2.10. The van der Waals surface area contributed by atoms with E-state index in [9.17, 15) is 0 Å². The van der Waals surface area contributed by atoms with Crippen LogP contribution in [0, 0.1) is 0 Å². The van der Waals surface area contributed by atoms with Crippen molar-refractivity contribution in [3.63, 3.8) is 0 Å². The summed E-state index contributed by atoms with van der Waals surface area (Å²) in [4.78, 5) is 4.30. The van der Waals surface area contributed by atoms with E-state index < -0.39 is 0 Å². The third kappa shape index (κ3) is 4.55. The first-order valence-electron chi connectivity index (χ1n) is 7.23. The molecule has 1 heterocycles. The summed E-state index contributed by atoms with van der Waals surface area (Å²) < 4.78 is 7.05. The highest BCUT2D eigenvalue weighted by molar-refractivity contribution is 9.10. The first kappa shape index (κ1) is 16.0. The number of aromatic nitrogens is 1. The number of hydrogen-bond donors (Lipinski definition) is 1. The van der Waals surface area contributed by atoms with Gasteiger partial charge in [0.15, 0.2) is 0 Å². The largest absolute Gasteiger partial charge is 0.439 e. The number of hydrogen-bond acceptors (Lipinski definition) is 3. The Labute approximate surface area is 134 Å². The molecule has 0 fully saturated rings. The van der Waals surface area contributed by atoms with Crippen LogP contribution in [0.2, 0.25) is 0 Å². The predicted molar refractivity (Wildman–Crippen MR) is 89.9 cm³/mol. The van der Waals surface area contributed by atoms with E-state index in [1.54, 1.807) is 6.20 Å². The lowest BCUT2D eigenvalue weighted by atomic mass is 10.0. The van der Waals surface area contributed by atoms with Crippen molar-refractivity contribution in [1.29, 1.82) is 0 Å². The van der Waals surface area contributed by atoms with Gasteiger partial charge in [-0.15, -0.1) is 0 Å². The Hall–Kier alpha value is -1.39. The standard InChI is InChI=1S/C17H21BrN2O/c1-4-19-11-13-7-8-20-17(9-13)21-16-6-5-14(18)10-15(16)12(2)3/h5-10,12,19H,4,11H2,1-3H3. The molecule has 0 aliphatic rings. The fourth-order valence-electron chi connectivity index (χ4n) is 2.06. The summed E-state index contributed by atoms with van der Waals surface area (Å²) in [5.74, 6) is 1.89. The van der Waals surface area contributed by atoms with E-state index in [1.165, 1.54) is 11.1 Å². The normalized spacial score (nSPS) is 10.9. The maximum atomic E-state index is 5.99. The minimum absolute atomic E-state index is 0.391. The number of halogens is 1. The van der Waals surface area contributed by atoms with Crippen LogP contribution < -0.4 is 10.1 Å². The first-order valence-corrected chi connectivity index (χ1v) is 8.02. The summed E-state index contributed by atoms with van der Waals surface area (Å²) in [5.41, 5.74) is 2.34. The molecule has 4 heteroatoms. The maximum absolute atomic E-state index is 5.99. The van der Waals surface area contributed by atoms with Gasteiger partial charge in [-0.25, -0.2) is 4.98 Å². The second kappa shape index (κ2) is 7.57. The summed E-state index contributed by atoms with van der Waals surface area (Å²) in [7, 11) is 0. The van der Waals surface area contributed by atoms with Gasteiger partial charge in [-0.3, -0.25) is 0 Å². The van der Waals surface area contributed by atoms with Crippen LogP contribution in [0.15, 0.2) is 41.0 Å². The zero-order chi connectivity index (χ0) is 15.2. The van der Waals surface area contributed by atoms with Crippen LogP contribution >= 0.6 is 15.9 Å². The summed E-state index contributed by atoms with van der Waals surface area (Å²) in [5, 5.41) is 3.30.